The normalized spacial score (nSPS) is 11.0. The first-order valence-corrected chi connectivity index (χ1v) is 7.46. The average Bonchev–Trinajstić information content (AvgIpc) is 3.12. The molecule has 0 unspecified atom stereocenters. The maximum absolute atomic E-state index is 9.09. The van der Waals surface area contributed by atoms with Gasteiger partial charge in [-0.2, -0.15) is 10.5 Å². The molecule has 2 heterocycles. The number of pyridine rings is 1. The maximum atomic E-state index is 9.09. The summed E-state index contributed by atoms with van der Waals surface area (Å²) in [4.78, 5) is 5.36. The zero-order chi connectivity index (χ0) is 15.9. The minimum atomic E-state index is 0.252. The number of aromatic nitrogens is 5. The summed E-state index contributed by atoms with van der Waals surface area (Å²) >= 11 is 1.58. The molecular formula is C15H11N7S. The number of nitrogens with one attached hydrogen (secondary N) is 2. The van der Waals surface area contributed by atoms with E-state index in [1.54, 1.807) is 24.2 Å². The van der Waals surface area contributed by atoms with Gasteiger partial charge in [0.15, 0.2) is 0 Å². The summed E-state index contributed by atoms with van der Waals surface area (Å²) in [5.41, 5.74) is 1.15. The third-order valence-corrected chi connectivity index (χ3v) is 3.76. The number of nitrogens with zero attached hydrogens (tertiary/aromatic N) is 5. The fourth-order valence-electron chi connectivity index (χ4n) is 1.73. The van der Waals surface area contributed by atoms with E-state index in [2.05, 4.69) is 30.9 Å². The molecule has 0 aliphatic carbocycles. The highest BCUT2D eigenvalue weighted by Gasteiger charge is 2.05. The second kappa shape index (κ2) is 7.20. The van der Waals surface area contributed by atoms with Crippen molar-refractivity contribution in [1.82, 2.24) is 25.6 Å². The summed E-state index contributed by atoms with van der Waals surface area (Å²) in [6.45, 7) is 0. The predicted octanol–water partition coefficient (Wildman–Crippen LogP) is 2.72. The van der Waals surface area contributed by atoms with Crippen LogP contribution in [0.25, 0.3) is 5.57 Å². The third kappa shape index (κ3) is 3.93. The Bertz CT molecular complexity index is 821. The molecule has 0 fully saturated rings. The molecule has 0 spiro atoms. The van der Waals surface area contributed by atoms with Crippen LogP contribution in [0.1, 0.15) is 5.82 Å². The molecule has 0 bridgehead atoms. The summed E-state index contributed by atoms with van der Waals surface area (Å²) in [5, 5.41) is 26.4. The average molecular weight is 321 g/mol. The molecule has 1 aromatic carbocycles. The van der Waals surface area contributed by atoms with E-state index in [-0.39, 0.29) is 5.82 Å². The summed E-state index contributed by atoms with van der Waals surface area (Å²) in [7, 11) is 0. The van der Waals surface area contributed by atoms with Crippen LogP contribution in [0.4, 0.5) is 5.69 Å². The molecule has 3 aromatic rings. The van der Waals surface area contributed by atoms with Crippen LogP contribution in [0.3, 0.4) is 0 Å². The molecule has 2 aromatic heterocycles. The van der Waals surface area contributed by atoms with Crippen LogP contribution in [-0.4, -0.2) is 25.6 Å². The zero-order valence-electron chi connectivity index (χ0n) is 11.8. The second-order valence-corrected chi connectivity index (χ2v) is 5.44. The van der Waals surface area contributed by atoms with Gasteiger partial charge >= 0.3 is 0 Å². The molecule has 0 atom stereocenters. The van der Waals surface area contributed by atoms with Crippen LogP contribution < -0.4 is 5.32 Å². The minimum absolute atomic E-state index is 0.252. The first kappa shape index (κ1) is 14.7. The maximum Gasteiger partial charge on any atom is 0.216 e. The van der Waals surface area contributed by atoms with E-state index in [0.717, 1.165) is 15.6 Å². The first-order valence-electron chi connectivity index (χ1n) is 6.65. The fourth-order valence-corrected chi connectivity index (χ4v) is 2.50. The van der Waals surface area contributed by atoms with Crippen molar-refractivity contribution in [2.75, 3.05) is 5.32 Å². The summed E-state index contributed by atoms with van der Waals surface area (Å²) in [6, 6.07) is 15.6. The number of allylic oxidation sites excluding steroid dienone is 1. The van der Waals surface area contributed by atoms with Crippen LogP contribution in [0, 0.1) is 11.3 Å². The quantitative estimate of drug-likeness (QED) is 0.696. The Morgan fingerprint density at radius 1 is 1.22 bits per heavy atom. The van der Waals surface area contributed by atoms with Gasteiger partial charge in [-0.3, -0.25) is 0 Å². The minimum Gasteiger partial charge on any atom is -0.360 e. The Labute approximate surface area is 136 Å². The molecule has 112 valence electrons. The number of nitriles is 1. The zero-order valence-corrected chi connectivity index (χ0v) is 12.7. The van der Waals surface area contributed by atoms with Crippen molar-refractivity contribution in [3.05, 3.63) is 60.7 Å². The van der Waals surface area contributed by atoms with Crippen LogP contribution in [0.2, 0.25) is 0 Å². The highest BCUT2D eigenvalue weighted by Crippen LogP contribution is 2.26. The molecule has 0 aliphatic heterocycles. The van der Waals surface area contributed by atoms with Gasteiger partial charge < -0.3 is 5.32 Å². The van der Waals surface area contributed by atoms with Gasteiger partial charge in [0.2, 0.25) is 5.82 Å². The summed E-state index contributed by atoms with van der Waals surface area (Å²) < 4.78 is 0. The van der Waals surface area contributed by atoms with Gasteiger partial charge in [-0.05, 0) is 41.6 Å². The molecule has 8 heteroatoms. The molecule has 0 aliphatic rings. The Morgan fingerprint density at radius 3 is 2.74 bits per heavy atom. The van der Waals surface area contributed by atoms with Crippen LogP contribution in [0.15, 0.2) is 64.8 Å². The van der Waals surface area contributed by atoms with E-state index in [1.165, 1.54) is 0 Å². The van der Waals surface area contributed by atoms with Crippen molar-refractivity contribution in [3.8, 4) is 6.07 Å². The summed E-state index contributed by atoms with van der Waals surface area (Å²) in [6.07, 6.45) is 3.32. The number of hydrogen-bond acceptors (Lipinski definition) is 7. The number of tetrazole rings is 1. The van der Waals surface area contributed by atoms with Crippen LogP contribution >= 0.6 is 11.8 Å². The van der Waals surface area contributed by atoms with Gasteiger partial charge in [0.25, 0.3) is 0 Å². The largest absolute Gasteiger partial charge is 0.360 e. The Kier molecular flexibility index (Phi) is 4.61. The lowest BCUT2D eigenvalue weighted by Gasteiger charge is -2.04. The lowest BCUT2D eigenvalue weighted by molar-refractivity contribution is 0.881. The molecule has 3 rings (SSSR count). The molecular weight excluding hydrogens is 310 g/mol. The number of aromatic amines is 1. The van der Waals surface area contributed by atoms with Gasteiger partial charge in [0.1, 0.15) is 16.7 Å². The predicted molar refractivity (Wildman–Crippen MR) is 86.2 cm³/mol. The third-order valence-electron chi connectivity index (χ3n) is 2.80. The van der Waals surface area contributed by atoms with Gasteiger partial charge in [-0.15, -0.1) is 10.2 Å². The highest BCUT2D eigenvalue weighted by atomic mass is 32.2. The van der Waals surface area contributed by atoms with Crippen molar-refractivity contribution in [3.63, 3.8) is 0 Å². The van der Waals surface area contributed by atoms with Gasteiger partial charge in [0.05, 0.1) is 0 Å². The molecule has 7 nitrogen and oxygen atoms in total. The molecule has 0 amide bonds. The van der Waals surface area contributed by atoms with Crippen molar-refractivity contribution in [2.24, 2.45) is 0 Å². The summed E-state index contributed by atoms with van der Waals surface area (Å²) in [5.74, 6) is 0.252. The van der Waals surface area contributed by atoms with Crippen molar-refractivity contribution in [2.45, 2.75) is 9.92 Å². The van der Waals surface area contributed by atoms with Crippen molar-refractivity contribution < 1.29 is 0 Å². The van der Waals surface area contributed by atoms with Crippen molar-refractivity contribution >= 4 is 23.0 Å². The highest BCUT2D eigenvalue weighted by molar-refractivity contribution is 7.99. The number of benzene rings is 1. The lowest BCUT2D eigenvalue weighted by Crippen LogP contribution is -1.92. The topological polar surface area (TPSA) is 103 Å². The van der Waals surface area contributed by atoms with Crippen LogP contribution in [-0.2, 0) is 0 Å². The molecule has 0 saturated carbocycles. The Morgan fingerprint density at radius 2 is 2.09 bits per heavy atom. The Hall–Kier alpha value is -3.18. The smallest absolute Gasteiger partial charge is 0.216 e. The van der Waals surface area contributed by atoms with E-state index in [1.807, 2.05) is 48.5 Å². The van der Waals surface area contributed by atoms with E-state index in [9.17, 15) is 0 Å². The van der Waals surface area contributed by atoms with Crippen molar-refractivity contribution in [1.29, 1.82) is 5.26 Å². The standard InChI is InChI=1S/C15H11N7S/c16-9-11(15-19-21-22-20-15)10-18-12-4-6-13(7-5-12)23-14-3-1-2-8-17-14/h1-8,10,18H,(H,19,20,21,22)/b11-10+. The number of rotatable bonds is 5. The van der Waals surface area contributed by atoms with E-state index < -0.39 is 0 Å². The fraction of sp³-hybridized carbons (Fsp3) is 0. The second-order valence-electron chi connectivity index (χ2n) is 4.34. The SMILES string of the molecule is N#C/C(=C\Nc1ccc(Sc2ccccn2)cc1)c1nn[nH]n1. The number of H-pyrrole nitrogens is 1. The lowest BCUT2D eigenvalue weighted by atomic mass is 10.3. The van der Waals surface area contributed by atoms with E-state index in [4.69, 9.17) is 5.26 Å². The molecule has 0 saturated heterocycles. The Balaban J connectivity index is 1.67. The van der Waals surface area contributed by atoms with Gasteiger partial charge in [-0.1, -0.05) is 17.8 Å². The molecule has 2 N–H and O–H groups in total. The number of anilines is 1. The van der Waals surface area contributed by atoms with Gasteiger partial charge in [-0.25, -0.2) is 4.98 Å². The van der Waals surface area contributed by atoms with Crippen LogP contribution in [0.5, 0.6) is 0 Å². The van der Waals surface area contributed by atoms with E-state index >= 15 is 0 Å². The van der Waals surface area contributed by atoms with E-state index in [0.29, 0.717) is 5.57 Å². The first-order chi connectivity index (χ1) is 11.3. The molecule has 0 radical (unpaired) electrons. The number of hydrogen-bond donors (Lipinski definition) is 2. The monoisotopic (exact) mass is 321 g/mol. The van der Waals surface area contributed by atoms with Gasteiger partial charge in [0, 0.05) is 23.0 Å². The molecule has 23 heavy (non-hydrogen) atoms.